The van der Waals surface area contributed by atoms with Crippen molar-refractivity contribution < 1.29 is 9.90 Å². The number of benzene rings is 1. The average Bonchev–Trinajstić information content (AvgIpc) is 2.91. The Morgan fingerprint density at radius 3 is 2.65 bits per heavy atom. The number of rotatable bonds is 5. The maximum absolute atomic E-state index is 12.2. The Morgan fingerprint density at radius 2 is 2.00 bits per heavy atom. The van der Waals surface area contributed by atoms with Gasteiger partial charge in [0.2, 0.25) is 5.91 Å². The molecule has 0 aliphatic carbocycles. The molecule has 2 aromatic rings. The standard InChI is InChI=1S/C16H19NO2S/c1-11(10-13-6-5-9-20-13)16(19)17-15-8-4-3-7-14(15)12(2)18/h3-9,11-12,18H,10H2,1-2H3,(H,17,19). The molecule has 2 atom stereocenters. The smallest absolute Gasteiger partial charge is 0.227 e. The van der Waals surface area contributed by atoms with Crippen LogP contribution in [0.3, 0.4) is 0 Å². The number of carbonyl (C=O) groups is 1. The van der Waals surface area contributed by atoms with Crippen LogP contribution in [0.1, 0.15) is 30.4 Å². The Kier molecular flexibility index (Phi) is 4.93. The van der Waals surface area contributed by atoms with Crippen molar-refractivity contribution in [3.63, 3.8) is 0 Å². The van der Waals surface area contributed by atoms with E-state index in [0.29, 0.717) is 5.69 Å². The lowest BCUT2D eigenvalue weighted by atomic mass is 10.0. The van der Waals surface area contributed by atoms with Crippen LogP contribution in [0.2, 0.25) is 0 Å². The van der Waals surface area contributed by atoms with Gasteiger partial charge in [0.15, 0.2) is 0 Å². The van der Waals surface area contributed by atoms with Gasteiger partial charge in [-0.15, -0.1) is 11.3 Å². The maximum Gasteiger partial charge on any atom is 0.227 e. The van der Waals surface area contributed by atoms with E-state index in [0.717, 1.165) is 12.0 Å². The molecule has 2 N–H and O–H groups in total. The largest absolute Gasteiger partial charge is 0.389 e. The van der Waals surface area contributed by atoms with Gasteiger partial charge >= 0.3 is 0 Å². The predicted octanol–water partition coefficient (Wildman–Crippen LogP) is 3.62. The average molecular weight is 289 g/mol. The molecule has 2 unspecified atom stereocenters. The molecule has 0 spiro atoms. The zero-order chi connectivity index (χ0) is 14.5. The van der Waals surface area contributed by atoms with Crippen molar-refractivity contribution in [2.45, 2.75) is 26.4 Å². The minimum atomic E-state index is -0.598. The lowest BCUT2D eigenvalue weighted by molar-refractivity contribution is -0.119. The molecule has 1 aromatic heterocycles. The molecule has 4 heteroatoms. The van der Waals surface area contributed by atoms with E-state index in [1.54, 1.807) is 18.3 Å². The first-order valence-electron chi connectivity index (χ1n) is 6.68. The van der Waals surface area contributed by atoms with Crippen molar-refractivity contribution in [3.05, 3.63) is 52.2 Å². The van der Waals surface area contributed by atoms with Crippen LogP contribution in [-0.2, 0) is 11.2 Å². The molecule has 0 radical (unpaired) electrons. The zero-order valence-electron chi connectivity index (χ0n) is 11.7. The van der Waals surface area contributed by atoms with Gasteiger partial charge in [-0.1, -0.05) is 31.2 Å². The number of para-hydroxylation sites is 1. The lowest BCUT2D eigenvalue weighted by Gasteiger charge is -2.15. The van der Waals surface area contributed by atoms with Crippen LogP contribution in [0.4, 0.5) is 5.69 Å². The fraction of sp³-hybridized carbons (Fsp3) is 0.312. The van der Waals surface area contributed by atoms with Gasteiger partial charge in [0, 0.05) is 22.0 Å². The van der Waals surface area contributed by atoms with Crippen molar-refractivity contribution >= 4 is 22.9 Å². The first kappa shape index (κ1) is 14.8. The maximum atomic E-state index is 12.2. The molecule has 3 nitrogen and oxygen atoms in total. The van der Waals surface area contributed by atoms with E-state index in [-0.39, 0.29) is 11.8 Å². The van der Waals surface area contributed by atoms with Gasteiger partial charge in [-0.3, -0.25) is 4.79 Å². The second-order valence-electron chi connectivity index (χ2n) is 4.94. The van der Waals surface area contributed by atoms with Gasteiger partial charge in [0.05, 0.1) is 6.10 Å². The Morgan fingerprint density at radius 1 is 1.25 bits per heavy atom. The highest BCUT2D eigenvalue weighted by Crippen LogP contribution is 2.23. The second-order valence-corrected chi connectivity index (χ2v) is 5.97. The number of amides is 1. The zero-order valence-corrected chi connectivity index (χ0v) is 12.5. The van der Waals surface area contributed by atoms with Crippen molar-refractivity contribution in [1.82, 2.24) is 0 Å². The highest BCUT2D eigenvalue weighted by molar-refractivity contribution is 7.09. The van der Waals surface area contributed by atoms with Crippen molar-refractivity contribution in [1.29, 1.82) is 0 Å². The minimum absolute atomic E-state index is 0.0218. The Labute approximate surface area is 123 Å². The monoisotopic (exact) mass is 289 g/mol. The van der Waals surface area contributed by atoms with Gasteiger partial charge in [0.25, 0.3) is 0 Å². The molecule has 0 fully saturated rings. The molecule has 0 aliphatic heterocycles. The minimum Gasteiger partial charge on any atom is -0.389 e. The summed E-state index contributed by atoms with van der Waals surface area (Å²) in [6.45, 7) is 3.61. The summed E-state index contributed by atoms with van der Waals surface area (Å²) in [7, 11) is 0. The summed E-state index contributed by atoms with van der Waals surface area (Å²) in [5.74, 6) is -0.123. The van der Waals surface area contributed by atoms with E-state index < -0.39 is 6.10 Å². The molecule has 0 aliphatic rings. The number of anilines is 1. The number of hydrogen-bond acceptors (Lipinski definition) is 3. The summed E-state index contributed by atoms with van der Waals surface area (Å²) in [6, 6.07) is 11.4. The van der Waals surface area contributed by atoms with Crippen molar-refractivity contribution in [2.75, 3.05) is 5.32 Å². The summed E-state index contributed by atoms with van der Waals surface area (Å²) in [4.78, 5) is 13.4. The van der Waals surface area contributed by atoms with Crippen LogP contribution >= 0.6 is 11.3 Å². The summed E-state index contributed by atoms with van der Waals surface area (Å²) in [6.07, 6.45) is 0.138. The van der Waals surface area contributed by atoms with Gasteiger partial charge in [-0.05, 0) is 30.9 Å². The van der Waals surface area contributed by atoms with E-state index in [9.17, 15) is 9.90 Å². The fourth-order valence-corrected chi connectivity index (χ4v) is 2.89. The number of nitrogens with one attached hydrogen (secondary N) is 1. The summed E-state index contributed by atoms with van der Waals surface area (Å²) >= 11 is 1.66. The van der Waals surface area contributed by atoms with Crippen LogP contribution in [0, 0.1) is 5.92 Å². The van der Waals surface area contributed by atoms with Crippen molar-refractivity contribution in [2.24, 2.45) is 5.92 Å². The van der Waals surface area contributed by atoms with Gasteiger partial charge in [0.1, 0.15) is 0 Å². The molecule has 20 heavy (non-hydrogen) atoms. The number of hydrogen-bond donors (Lipinski definition) is 2. The van der Waals surface area contributed by atoms with E-state index in [4.69, 9.17) is 0 Å². The third kappa shape index (κ3) is 3.68. The molecular weight excluding hydrogens is 270 g/mol. The van der Waals surface area contributed by atoms with E-state index in [1.165, 1.54) is 4.88 Å². The topological polar surface area (TPSA) is 49.3 Å². The van der Waals surface area contributed by atoms with Crippen LogP contribution < -0.4 is 5.32 Å². The van der Waals surface area contributed by atoms with Crippen LogP contribution in [-0.4, -0.2) is 11.0 Å². The second kappa shape index (κ2) is 6.68. The number of aliphatic hydroxyl groups is 1. The first-order chi connectivity index (χ1) is 9.58. The number of aliphatic hydroxyl groups excluding tert-OH is 1. The molecule has 0 saturated heterocycles. The molecule has 106 valence electrons. The first-order valence-corrected chi connectivity index (χ1v) is 7.56. The van der Waals surface area contributed by atoms with E-state index in [1.807, 2.05) is 48.7 Å². The number of thiophene rings is 1. The molecule has 0 saturated carbocycles. The Hall–Kier alpha value is -1.65. The van der Waals surface area contributed by atoms with Gasteiger partial charge < -0.3 is 10.4 Å². The quantitative estimate of drug-likeness (QED) is 0.883. The third-order valence-corrected chi connectivity index (χ3v) is 4.10. The fourth-order valence-electron chi connectivity index (χ4n) is 2.05. The normalized spacial score (nSPS) is 13.8. The highest BCUT2D eigenvalue weighted by Gasteiger charge is 2.16. The summed E-state index contributed by atoms with van der Waals surface area (Å²) in [5, 5.41) is 14.6. The lowest BCUT2D eigenvalue weighted by Crippen LogP contribution is -2.22. The summed E-state index contributed by atoms with van der Waals surface area (Å²) < 4.78 is 0. The molecule has 0 bridgehead atoms. The van der Waals surface area contributed by atoms with E-state index >= 15 is 0 Å². The Balaban J connectivity index is 2.04. The van der Waals surface area contributed by atoms with Crippen LogP contribution in [0.25, 0.3) is 0 Å². The Bertz CT molecular complexity index is 564. The van der Waals surface area contributed by atoms with Crippen molar-refractivity contribution in [3.8, 4) is 0 Å². The number of carbonyl (C=O) groups excluding carboxylic acids is 1. The summed E-state index contributed by atoms with van der Waals surface area (Å²) in [5.41, 5.74) is 1.43. The molecular formula is C16H19NO2S. The molecule has 1 aromatic carbocycles. The van der Waals surface area contributed by atoms with Gasteiger partial charge in [-0.25, -0.2) is 0 Å². The SMILES string of the molecule is CC(Cc1cccs1)C(=O)Nc1ccccc1C(C)O. The highest BCUT2D eigenvalue weighted by atomic mass is 32.1. The molecule has 2 rings (SSSR count). The van der Waals surface area contributed by atoms with Crippen LogP contribution in [0.5, 0.6) is 0 Å². The molecule has 1 heterocycles. The van der Waals surface area contributed by atoms with Gasteiger partial charge in [-0.2, -0.15) is 0 Å². The molecule has 1 amide bonds. The van der Waals surface area contributed by atoms with E-state index in [2.05, 4.69) is 5.32 Å². The predicted molar refractivity (Wildman–Crippen MR) is 82.9 cm³/mol. The van der Waals surface area contributed by atoms with Crippen LogP contribution in [0.15, 0.2) is 41.8 Å². The third-order valence-electron chi connectivity index (χ3n) is 3.20.